The third-order valence-corrected chi connectivity index (χ3v) is 1.21. The zero-order chi connectivity index (χ0) is 6.91. The summed E-state index contributed by atoms with van der Waals surface area (Å²) in [5, 5.41) is 0. The van der Waals surface area contributed by atoms with Gasteiger partial charge in [-0.1, -0.05) is 0 Å². The Kier molecular flexibility index (Phi) is 1.68. The fourth-order valence-electron chi connectivity index (χ4n) is 0.579. The first-order valence-corrected chi connectivity index (χ1v) is 2.86. The highest BCUT2D eigenvalue weighted by Gasteiger charge is 2.58. The number of rotatable bonds is 3. The van der Waals surface area contributed by atoms with Crippen LogP contribution in [-0.2, 0) is 4.74 Å². The molecule has 0 radical (unpaired) electrons. The average Bonchev–Trinajstić information content (AvgIpc) is 2.35. The minimum atomic E-state index is -2.56. The number of alkyl halides is 2. The van der Waals surface area contributed by atoms with Gasteiger partial charge in [-0.2, -0.15) is 0 Å². The molecule has 54 valence electrons. The van der Waals surface area contributed by atoms with Crippen LogP contribution in [0.5, 0.6) is 0 Å². The molecule has 0 aliphatic heterocycles. The van der Waals surface area contributed by atoms with Crippen molar-refractivity contribution < 1.29 is 13.5 Å². The third-order valence-electron chi connectivity index (χ3n) is 1.21. The van der Waals surface area contributed by atoms with Crippen molar-refractivity contribution in [3.63, 3.8) is 0 Å². The van der Waals surface area contributed by atoms with Crippen LogP contribution in [0.1, 0.15) is 6.42 Å². The van der Waals surface area contributed by atoms with Crippen LogP contribution in [0.3, 0.4) is 0 Å². The molecule has 1 saturated carbocycles. The van der Waals surface area contributed by atoms with E-state index in [0.29, 0.717) is 6.54 Å². The van der Waals surface area contributed by atoms with E-state index in [1.807, 2.05) is 0 Å². The first kappa shape index (κ1) is 6.89. The van der Waals surface area contributed by atoms with Crippen LogP contribution in [0.15, 0.2) is 0 Å². The van der Waals surface area contributed by atoms with Crippen LogP contribution in [0.2, 0.25) is 0 Å². The minimum Gasteiger partial charge on any atom is -0.370 e. The Morgan fingerprint density at radius 2 is 2.22 bits per heavy atom. The first-order valence-electron chi connectivity index (χ1n) is 2.86. The van der Waals surface area contributed by atoms with Crippen LogP contribution in [0, 0.1) is 0 Å². The number of halogens is 2. The topological polar surface area (TPSA) is 35.2 Å². The summed E-state index contributed by atoms with van der Waals surface area (Å²) < 4.78 is 28.6. The smallest absolute Gasteiger partial charge is 0.276 e. The van der Waals surface area contributed by atoms with E-state index in [4.69, 9.17) is 5.73 Å². The van der Waals surface area contributed by atoms with E-state index < -0.39 is 12.0 Å². The number of hydrogen-bond acceptors (Lipinski definition) is 2. The largest absolute Gasteiger partial charge is 0.370 e. The van der Waals surface area contributed by atoms with Crippen molar-refractivity contribution >= 4 is 0 Å². The zero-order valence-corrected chi connectivity index (χ0v) is 4.94. The SMILES string of the molecule is NCCO[C@H]1CC1(F)F. The monoisotopic (exact) mass is 137 g/mol. The Balaban J connectivity index is 2.06. The summed E-state index contributed by atoms with van der Waals surface area (Å²) in [5.74, 6) is -2.56. The molecule has 0 heterocycles. The van der Waals surface area contributed by atoms with Gasteiger partial charge < -0.3 is 10.5 Å². The van der Waals surface area contributed by atoms with Gasteiger partial charge in [-0.05, 0) is 0 Å². The molecule has 0 saturated heterocycles. The second kappa shape index (κ2) is 2.19. The lowest BCUT2D eigenvalue weighted by molar-refractivity contribution is 0.0161. The van der Waals surface area contributed by atoms with Gasteiger partial charge in [0.2, 0.25) is 0 Å². The minimum absolute atomic E-state index is 0.132. The summed E-state index contributed by atoms with van der Waals surface area (Å²) in [5.41, 5.74) is 5.02. The molecule has 1 fully saturated rings. The standard InChI is InChI=1S/C5H9F2NO/c6-5(7)3-4(5)9-2-1-8/h4H,1-3,8H2/t4-/m0/s1. The number of nitrogens with two attached hydrogens (primary N) is 1. The Morgan fingerprint density at radius 1 is 1.67 bits per heavy atom. The van der Waals surface area contributed by atoms with Gasteiger partial charge in [-0.25, -0.2) is 8.78 Å². The van der Waals surface area contributed by atoms with E-state index in [9.17, 15) is 8.78 Å². The van der Waals surface area contributed by atoms with Gasteiger partial charge in [0.25, 0.3) is 5.92 Å². The van der Waals surface area contributed by atoms with Crippen molar-refractivity contribution in [1.82, 2.24) is 0 Å². The number of ether oxygens (including phenoxy) is 1. The molecule has 2 N–H and O–H groups in total. The highest BCUT2D eigenvalue weighted by molar-refractivity contribution is 4.96. The van der Waals surface area contributed by atoms with E-state index in [2.05, 4.69) is 4.74 Å². The Bertz CT molecular complexity index is 107. The van der Waals surface area contributed by atoms with Crippen molar-refractivity contribution in [3.8, 4) is 0 Å². The summed E-state index contributed by atoms with van der Waals surface area (Å²) in [6.07, 6.45) is -0.978. The maximum atomic E-state index is 12.0. The van der Waals surface area contributed by atoms with Crippen LogP contribution in [0.25, 0.3) is 0 Å². The lowest BCUT2D eigenvalue weighted by Crippen LogP contribution is -2.12. The summed E-state index contributed by atoms with van der Waals surface area (Å²) in [4.78, 5) is 0. The molecule has 0 aromatic rings. The lowest BCUT2D eigenvalue weighted by atomic mass is 10.7. The molecule has 0 bridgehead atoms. The van der Waals surface area contributed by atoms with E-state index >= 15 is 0 Å². The Labute approximate surface area is 52.0 Å². The molecule has 0 spiro atoms. The van der Waals surface area contributed by atoms with Crippen molar-refractivity contribution in [2.24, 2.45) is 5.73 Å². The van der Waals surface area contributed by atoms with Gasteiger partial charge in [-0.3, -0.25) is 0 Å². The predicted octanol–water partition coefficient (Wildman–Crippen LogP) is 0.369. The van der Waals surface area contributed by atoms with Crippen LogP contribution in [0.4, 0.5) is 8.78 Å². The van der Waals surface area contributed by atoms with Crippen LogP contribution >= 0.6 is 0 Å². The molecular formula is C5H9F2NO. The molecule has 1 atom stereocenters. The zero-order valence-electron chi connectivity index (χ0n) is 4.94. The maximum Gasteiger partial charge on any atom is 0.276 e. The first-order chi connectivity index (χ1) is 4.17. The molecule has 1 rings (SSSR count). The summed E-state index contributed by atoms with van der Waals surface area (Å²) in [7, 11) is 0. The van der Waals surface area contributed by atoms with E-state index in [-0.39, 0.29) is 13.0 Å². The molecule has 2 nitrogen and oxygen atoms in total. The summed E-state index contributed by atoms with van der Waals surface area (Å²) in [6.45, 7) is 0.548. The summed E-state index contributed by atoms with van der Waals surface area (Å²) in [6, 6.07) is 0. The van der Waals surface area contributed by atoms with Crippen molar-refractivity contribution in [2.45, 2.75) is 18.4 Å². The number of hydrogen-bond donors (Lipinski definition) is 1. The molecule has 1 aliphatic rings. The van der Waals surface area contributed by atoms with Gasteiger partial charge in [0.15, 0.2) is 0 Å². The highest BCUT2D eigenvalue weighted by atomic mass is 19.3. The van der Waals surface area contributed by atoms with Gasteiger partial charge in [0.1, 0.15) is 6.10 Å². The molecule has 0 aromatic carbocycles. The second-order valence-electron chi connectivity index (χ2n) is 2.11. The fourth-order valence-corrected chi connectivity index (χ4v) is 0.579. The van der Waals surface area contributed by atoms with Gasteiger partial charge in [-0.15, -0.1) is 0 Å². The normalized spacial score (nSPS) is 30.3. The Hall–Kier alpha value is -0.220. The fraction of sp³-hybridized carbons (Fsp3) is 1.00. The maximum absolute atomic E-state index is 12.0. The van der Waals surface area contributed by atoms with E-state index in [0.717, 1.165) is 0 Å². The van der Waals surface area contributed by atoms with E-state index in [1.54, 1.807) is 0 Å². The molecule has 4 heteroatoms. The molecular weight excluding hydrogens is 128 g/mol. The molecule has 0 aromatic heterocycles. The molecule has 0 unspecified atom stereocenters. The van der Waals surface area contributed by atoms with Gasteiger partial charge >= 0.3 is 0 Å². The quantitative estimate of drug-likeness (QED) is 0.610. The summed E-state index contributed by atoms with van der Waals surface area (Å²) >= 11 is 0. The van der Waals surface area contributed by atoms with Crippen molar-refractivity contribution in [1.29, 1.82) is 0 Å². The third kappa shape index (κ3) is 1.59. The van der Waals surface area contributed by atoms with Crippen molar-refractivity contribution in [3.05, 3.63) is 0 Å². The van der Waals surface area contributed by atoms with Gasteiger partial charge in [0, 0.05) is 13.0 Å². The molecule has 1 aliphatic carbocycles. The van der Waals surface area contributed by atoms with Crippen LogP contribution in [-0.4, -0.2) is 25.2 Å². The van der Waals surface area contributed by atoms with Gasteiger partial charge in [0.05, 0.1) is 6.61 Å². The average molecular weight is 137 g/mol. The molecule has 0 amide bonds. The van der Waals surface area contributed by atoms with Crippen LogP contribution < -0.4 is 5.73 Å². The Morgan fingerprint density at radius 3 is 2.56 bits per heavy atom. The van der Waals surface area contributed by atoms with Crippen molar-refractivity contribution in [2.75, 3.05) is 13.2 Å². The predicted molar refractivity (Wildman–Crippen MR) is 28.4 cm³/mol. The molecule has 9 heavy (non-hydrogen) atoms. The van der Waals surface area contributed by atoms with E-state index in [1.165, 1.54) is 0 Å². The second-order valence-corrected chi connectivity index (χ2v) is 2.11. The highest BCUT2D eigenvalue weighted by Crippen LogP contribution is 2.43. The lowest BCUT2D eigenvalue weighted by Gasteiger charge is -1.97.